The monoisotopic (exact) mass is 503 g/mol. The molecule has 160 valence electrons. The molecule has 1 saturated heterocycles. The number of aromatic nitrogens is 1. The number of aliphatic imine (C=N–C) groups is 1. The summed E-state index contributed by atoms with van der Waals surface area (Å²) in [6, 6.07) is 4.22. The van der Waals surface area contributed by atoms with Crippen molar-refractivity contribution in [2.45, 2.75) is 59.6 Å². The smallest absolute Gasteiger partial charge is 0.191 e. The minimum Gasteiger partial charge on any atom is -0.378 e. The molecule has 1 fully saturated rings. The lowest BCUT2D eigenvalue weighted by Gasteiger charge is -2.21. The quantitative estimate of drug-likeness (QED) is 0.289. The van der Waals surface area contributed by atoms with E-state index in [9.17, 15) is 0 Å². The Morgan fingerprint density at radius 2 is 2.00 bits per heavy atom. The van der Waals surface area contributed by atoms with Crippen molar-refractivity contribution in [1.29, 1.82) is 0 Å². The van der Waals surface area contributed by atoms with Crippen molar-refractivity contribution in [2.75, 3.05) is 37.7 Å². The summed E-state index contributed by atoms with van der Waals surface area (Å²) in [5.74, 6) is 2.46. The number of nitrogens with one attached hydrogen (secondary N) is 2. The fraction of sp³-hybridized carbons (Fsp3) is 0.714. The zero-order valence-corrected chi connectivity index (χ0v) is 20.2. The summed E-state index contributed by atoms with van der Waals surface area (Å²) in [5, 5.41) is 6.77. The third-order valence-corrected chi connectivity index (χ3v) is 4.85. The van der Waals surface area contributed by atoms with Crippen LogP contribution in [0.5, 0.6) is 0 Å². The van der Waals surface area contributed by atoms with Crippen LogP contribution in [-0.2, 0) is 11.3 Å². The molecule has 1 aromatic rings. The second-order valence-corrected chi connectivity index (χ2v) is 7.36. The number of hydrogen-bond donors (Lipinski definition) is 2. The van der Waals surface area contributed by atoms with Crippen molar-refractivity contribution in [3.63, 3.8) is 0 Å². The Morgan fingerprint density at radius 1 is 1.25 bits per heavy atom. The van der Waals surface area contributed by atoms with Gasteiger partial charge >= 0.3 is 0 Å². The lowest BCUT2D eigenvalue weighted by Crippen LogP contribution is -2.39. The van der Waals surface area contributed by atoms with Gasteiger partial charge in [0.2, 0.25) is 0 Å². The van der Waals surface area contributed by atoms with Gasteiger partial charge in [0.25, 0.3) is 0 Å². The van der Waals surface area contributed by atoms with Crippen LogP contribution in [0.2, 0.25) is 0 Å². The van der Waals surface area contributed by atoms with E-state index in [1.165, 1.54) is 18.4 Å². The topological polar surface area (TPSA) is 61.8 Å². The van der Waals surface area contributed by atoms with E-state index in [-0.39, 0.29) is 30.1 Å². The minimum atomic E-state index is 0. The Hall–Kier alpha value is -1.09. The van der Waals surface area contributed by atoms with Crippen LogP contribution in [0, 0.1) is 5.92 Å². The van der Waals surface area contributed by atoms with E-state index in [1.54, 1.807) is 0 Å². The highest BCUT2D eigenvalue weighted by atomic mass is 127. The summed E-state index contributed by atoms with van der Waals surface area (Å²) in [7, 11) is 0. The SMILES string of the molecule is CCNC(=NCc1ccnc(N2CCCC2)c1)NCCC(OCC)C(C)C.I. The molecule has 2 heterocycles. The minimum absolute atomic E-state index is 0. The second-order valence-electron chi connectivity index (χ2n) is 7.36. The fourth-order valence-corrected chi connectivity index (χ4v) is 3.35. The summed E-state index contributed by atoms with van der Waals surface area (Å²) >= 11 is 0. The molecule has 0 aliphatic carbocycles. The Labute approximate surface area is 187 Å². The average Bonchev–Trinajstić information content (AvgIpc) is 3.20. The van der Waals surface area contributed by atoms with E-state index in [2.05, 4.69) is 60.3 Å². The van der Waals surface area contributed by atoms with Gasteiger partial charge < -0.3 is 20.3 Å². The number of ether oxygens (including phenoxy) is 1. The molecular formula is C21H38IN5O. The highest BCUT2D eigenvalue weighted by Crippen LogP contribution is 2.18. The zero-order valence-electron chi connectivity index (χ0n) is 17.9. The molecule has 0 aromatic carbocycles. The van der Waals surface area contributed by atoms with Gasteiger partial charge in [0.1, 0.15) is 5.82 Å². The first-order chi connectivity index (χ1) is 13.1. The van der Waals surface area contributed by atoms with E-state index in [0.717, 1.165) is 51.0 Å². The number of nitrogens with zero attached hydrogens (tertiary/aromatic N) is 3. The van der Waals surface area contributed by atoms with E-state index in [1.807, 2.05) is 6.20 Å². The number of pyridine rings is 1. The summed E-state index contributed by atoms with van der Waals surface area (Å²) in [5.41, 5.74) is 1.19. The maximum absolute atomic E-state index is 5.82. The molecule has 2 N–H and O–H groups in total. The predicted octanol–water partition coefficient (Wildman–Crippen LogP) is 3.81. The van der Waals surface area contributed by atoms with Gasteiger partial charge in [0.15, 0.2) is 5.96 Å². The molecule has 1 aliphatic rings. The molecule has 1 aliphatic heterocycles. The molecule has 0 radical (unpaired) electrons. The van der Waals surface area contributed by atoms with Gasteiger partial charge in [-0.1, -0.05) is 13.8 Å². The lowest BCUT2D eigenvalue weighted by atomic mass is 10.0. The molecule has 28 heavy (non-hydrogen) atoms. The molecule has 0 saturated carbocycles. The molecule has 2 rings (SSSR count). The summed E-state index contributed by atoms with van der Waals surface area (Å²) < 4.78 is 5.82. The van der Waals surface area contributed by atoms with Crippen molar-refractivity contribution >= 4 is 35.8 Å². The van der Waals surface area contributed by atoms with Crippen LogP contribution >= 0.6 is 24.0 Å². The fourth-order valence-electron chi connectivity index (χ4n) is 3.35. The van der Waals surface area contributed by atoms with E-state index in [4.69, 9.17) is 9.73 Å². The number of anilines is 1. The standard InChI is InChI=1S/C21H37N5O.HI/c1-5-22-21(24-12-10-19(17(3)4)27-6-2)25-16-18-9-11-23-20(15-18)26-13-7-8-14-26;/h9,11,15,17,19H,5-8,10,12-14,16H2,1-4H3,(H2,22,24,25);1H. The first-order valence-corrected chi connectivity index (χ1v) is 10.5. The van der Waals surface area contributed by atoms with E-state index < -0.39 is 0 Å². The van der Waals surface area contributed by atoms with Crippen LogP contribution in [0.25, 0.3) is 0 Å². The van der Waals surface area contributed by atoms with Gasteiger partial charge in [-0.15, -0.1) is 24.0 Å². The van der Waals surface area contributed by atoms with Crippen molar-refractivity contribution in [3.05, 3.63) is 23.9 Å². The van der Waals surface area contributed by atoms with Gasteiger partial charge in [-0.05, 0) is 56.7 Å². The summed E-state index contributed by atoms with van der Waals surface area (Å²) in [4.78, 5) is 11.6. The maximum atomic E-state index is 5.82. The molecule has 6 nitrogen and oxygen atoms in total. The number of guanidine groups is 1. The van der Waals surface area contributed by atoms with Crippen LogP contribution in [-0.4, -0.2) is 49.8 Å². The first-order valence-electron chi connectivity index (χ1n) is 10.5. The first kappa shape index (κ1) is 24.9. The molecule has 1 aromatic heterocycles. The summed E-state index contributed by atoms with van der Waals surface area (Å²) in [6.45, 7) is 13.9. The number of halogens is 1. The Balaban J connectivity index is 0.00000392. The van der Waals surface area contributed by atoms with Gasteiger partial charge in [-0.3, -0.25) is 0 Å². The number of rotatable bonds is 10. The van der Waals surface area contributed by atoms with Crippen molar-refractivity contribution in [2.24, 2.45) is 10.9 Å². The van der Waals surface area contributed by atoms with Crippen LogP contribution in [0.15, 0.2) is 23.3 Å². The normalized spacial score (nSPS) is 15.5. The van der Waals surface area contributed by atoms with Gasteiger partial charge in [0.05, 0.1) is 12.6 Å². The maximum Gasteiger partial charge on any atom is 0.191 e. The molecule has 1 atom stereocenters. The Morgan fingerprint density at radius 3 is 2.64 bits per heavy atom. The van der Waals surface area contributed by atoms with Gasteiger partial charge in [-0.25, -0.2) is 9.98 Å². The lowest BCUT2D eigenvalue weighted by molar-refractivity contribution is 0.0258. The predicted molar refractivity (Wildman–Crippen MR) is 129 cm³/mol. The molecule has 1 unspecified atom stereocenters. The highest BCUT2D eigenvalue weighted by Gasteiger charge is 2.14. The number of hydrogen-bond acceptors (Lipinski definition) is 4. The third-order valence-electron chi connectivity index (χ3n) is 4.85. The second kappa shape index (κ2) is 14.0. The molecule has 0 amide bonds. The van der Waals surface area contributed by atoms with Crippen molar-refractivity contribution in [3.8, 4) is 0 Å². The third kappa shape index (κ3) is 8.51. The van der Waals surface area contributed by atoms with Crippen LogP contribution in [0.4, 0.5) is 5.82 Å². The van der Waals surface area contributed by atoms with Crippen LogP contribution < -0.4 is 15.5 Å². The molecule has 0 spiro atoms. The van der Waals surface area contributed by atoms with Crippen LogP contribution in [0.3, 0.4) is 0 Å². The molecular weight excluding hydrogens is 465 g/mol. The van der Waals surface area contributed by atoms with Crippen LogP contribution in [0.1, 0.15) is 52.5 Å². The van der Waals surface area contributed by atoms with Crippen molar-refractivity contribution < 1.29 is 4.74 Å². The van der Waals surface area contributed by atoms with Crippen molar-refractivity contribution in [1.82, 2.24) is 15.6 Å². The molecule has 0 bridgehead atoms. The van der Waals surface area contributed by atoms with E-state index in [0.29, 0.717) is 12.5 Å². The summed E-state index contributed by atoms with van der Waals surface area (Å²) in [6.07, 6.45) is 5.68. The Kier molecular flexibility index (Phi) is 12.5. The zero-order chi connectivity index (χ0) is 19.5. The Bertz CT molecular complexity index is 576. The average molecular weight is 503 g/mol. The highest BCUT2D eigenvalue weighted by molar-refractivity contribution is 14.0. The molecule has 7 heteroatoms. The van der Waals surface area contributed by atoms with Gasteiger partial charge in [0, 0.05) is 39.0 Å². The largest absolute Gasteiger partial charge is 0.378 e. The van der Waals surface area contributed by atoms with E-state index >= 15 is 0 Å². The van der Waals surface area contributed by atoms with Gasteiger partial charge in [-0.2, -0.15) is 0 Å².